The molecule has 8 rings (SSSR count). The summed E-state index contributed by atoms with van der Waals surface area (Å²) in [5.41, 5.74) is 7.86. The summed E-state index contributed by atoms with van der Waals surface area (Å²) in [6, 6.07) is 57.3. The highest BCUT2D eigenvalue weighted by Crippen LogP contribution is 2.56. The van der Waals surface area contributed by atoms with Gasteiger partial charge in [0.2, 0.25) is 0 Å². The first kappa shape index (κ1) is 33.7. The minimum Gasteiger partial charge on any atom is -0.341 e. The van der Waals surface area contributed by atoms with Gasteiger partial charge in [-0.3, -0.25) is 9.97 Å². The summed E-state index contributed by atoms with van der Waals surface area (Å²) in [5.74, 6) is 0. The summed E-state index contributed by atoms with van der Waals surface area (Å²) in [6.45, 7) is 4.69. The fourth-order valence-corrected chi connectivity index (χ4v) is 12.3. The Morgan fingerprint density at radius 3 is 1.77 bits per heavy atom. The van der Waals surface area contributed by atoms with Crippen LogP contribution in [0.5, 0.6) is 0 Å². The van der Waals surface area contributed by atoms with Crippen molar-refractivity contribution >= 4 is 86.9 Å². The van der Waals surface area contributed by atoms with Gasteiger partial charge in [0.1, 0.15) is 23.2 Å². The molecule has 2 heterocycles. The van der Waals surface area contributed by atoms with Gasteiger partial charge < -0.3 is 9.80 Å². The number of hydrogen-bond donors (Lipinski definition) is 0. The Kier molecular flexibility index (Phi) is 9.29. The Bertz CT molecular complexity index is 2520. The van der Waals surface area contributed by atoms with Gasteiger partial charge in [-0.2, -0.15) is 0 Å². The molecule has 0 aliphatic rings. The lowest BCUT2D eigenvalue weighted by Crippen LogP contribution is -2.36. The summed E-state index contributed by atoms with van der Waals surface area (Å²) in [5, 5.41) is 8.89. The molecule has 0 spiro atoms. The summed E-state index contributed by atoms with van der Waals surface area (Å²) < 4.78 is 0. The van der Waals surface area contributed by atoms with Crippen molar-refractivity contribution in [3.8, 4) is 0 Å². The largest absolute Gasteiger partial charge is 0.341 e. The number of para-hydroxylation sites is 2. The molecule has 0 saturated carbocycles. The van der Waals surface area contributed by atoms with Gasteiger partial charge in [0.05, 0.1) is 29.1 Å². The van der Waals surface area contributed by atoms with Crippen molar-refractivity contribution in [1.82, 2.24) is 9.97 Å². The zero-order valence-electron chi connectivity index (χ0n) is 29.9. The second-order valence-corrected chi connectivity index (χ2v) is 18.2. The number of benzene rings is 6. The zero-order chi connectivity index (χ0) is 35.7. The molecular weight excluding hydrogens is 670 g/mol. The van der Waals surface area contributed by atoms with Crippen LogP contribution in [-0.4, -0.2) is 30.7 Å². The molecule has 0 aliphatic heterocycles. The number of anilines is 4. The van der Waals surface area contributed by atoms with Gasteiger partial charge >= 0.3 is 0 Å². The van der Waals surface area contributed by atoms with Gasteiger partial charge in [0.25, 0.3) is 0 Å². The van der Waals surface area contributed by atoms with Crippen LogP contribution in [0.4, 0.5) is 22.7 Å². The number of fused-ring (bicyclic) bond motifs is 2. The van der Waals surface area contributed by atoms with Crippen LogP contribution < -0.4 is 36.3 Å². The van der Waals surface area contributed by atoms with E-state index < -0.39 is 7.26 Å². The van der Waals surface area contributed by atoms with E-state index in [-0.39, 0.29) is 0 Å². The predicted molar refractivity (Wildman–Crippen MR) is 229 cm³/mol. The van der Waals surface area contributed by atoms with Crippen LogP contribution in [0.25, 0.3) is 21.8 Å². The number of nitrogens with zero attached hydrogens (tertiary/aromatic N) is 4. The Hall–Kier alpha value is -5.40. The number of hydrogen-bond acceptors (Lipinski definition) is 4. The molecule has 8 aromatic rings. The molecule has 0 N–H and O–H groups in total. The highest BCUT2D eigenvalue weighted by molar-refractivity contribution is 7.95. The zero-order valence-corrected chi connectivity index (χ0v) is 31.8. The normalized spacial score (nSPS) is 12.7. The van der Waals surface area contributed by atoms with E-state index in [9.17, 15) is 0 Å². The van der Waals surface area contributed by atoms with Crippen LogP contribution in [0.3, 0.4) is 0 Å². The molecule has 0 saturated heterocycles. The van der Waals surface area contributed by atoms with Crippen LogP contribution >= 0.6 is 15.8 Å². The third-order valence-corrected chi connectivity index (χ3v) is 15.4. The van der Waals surface area contributed by atoms with E-state index >= 15 is 0 Å². The molecule has 2 unspecified atom stereocenters. The lowest BCUT2D eigenvalue weighted by molar-refractivity contribution is 1.19. The van der Waals surface area contributed by atoms with Crippen molar-refractivity contribution in [2.45, 2.75) is 6.92 Å². The minimum atomic E-state index is -2.32. The quantitative estimate of drug-likeness (QED) is 0.140. The molecular formula is C46H41N4P2+. The van der Waals surface area contributed by atoms with Crippen molar-refractivity contribution in [2.75, 3.05) is 30.6 Å². The van der Waals surface area contributed by atoms with Crippen LogP contribution in [0, 0.1) is 6.92 Å². The van der Waals surface area contributed by atoms with Crippen LogP contribution in [0.1, 0.15) is 5.56 Å². The van der Waals surface area contributed by atoms with E-state index in [4.69, 9.17) is 9.97 Å². The molecule has 52 heavy (non-hydrogen) atoms. The minimum absolute atomic E-state index is 0.550. The molecule has 4 nitrogen and oxygen atoms in total. The molecule has 254 valence electrons. The predicted octanol–water partition coefficient (Wildman–Crippen LogP) is 9.18. The molecule has 6 heteroatoms. The number of pyridine rings is 2. The highest BCUT2D eigenvalue weighted by atomic mass is 31.2. The molecule has 0 aliphatic carbocycles. The average molecular weight is 712 g/mol. The average Bonchev–Trinajstić information content (AvgIpc) is 3.20. The van der Waals surface area contributed by atoms with Gasteiger partial charge in [0.15, 0.2) is 0 Å². The lowest BCUT2D eigenvalue weighted by atomic mass is 10.1. The number of aryl methyl sites for hydroxylation is 1. The first-order valence-electron chi connectivity index (χ1n) is 17.6. The topological polar surface area (TPSA) is 32.3 Å². The van der Waals surface area contributed by atoms with Crippen molar-refractivity contribution < 1.29 is 0 Å². The number of aromatic nitrogens is 2. The fraction of sp³-hybridized carbons (Fsp3) is 0.0870. The molecule has 6 aromatic carbocycles. The highest BCUT2D eigenvalue weighted by Gasteiger charge is 2.45. The van der Waals surface area contributed by atoms with E-state index in [1.54, 1.807) is 0 Å². The van der Waals surface area contributed by atoms with Crippen molar-refractivity contribution in [3.05, 3.63) is 176 Å². The third kappa shape index (κ3) is 6.24. The standard InChI is InChI=1S/C46H41N4P2/c1-33-29-34-17-15-27-47-38(34)31-42(33)50(3)43-32-39-35(18-16-28-48-39)30-46(43)52(4,37-21-9-6-10-22-37)45-26-14-12-24-41(45)49(2)40-23-11-13-25-44(40)51-36-19-7-5-8-20-36/h5-32,51H,1-4H3/q+1. The van der Waals surface area contributed by atoms with Gasteiger partial charge in [-0.1, -0.05) is 99.6 Å². The molecule has 0 amide bonds. The number of rotatable bonds is 9. The SMILES string of the molecule is Cc1cc2cccnc2cc1N(C)c1cc2ncccc2cc1[P+](C)(c1ccccc1)c1ccccc1N(C)c1ccccc1Pc1ccccc1. The molecule has 0 radical (unpaired) electrons. The van der Waals surface area contributed by atoms with Crippen LogP contribution in [-0.2, 0) is 0 Å². The van der Waals surface area contributed by atoms with E-state index in [1.807, 2.05) is 24.5 Å². The maximum Gasteiger partial charge on any atom is 0.128 e. The maximum atomic E-state index is 4.85. The van der Waals surface area contributed by atoms with Gasteiger partial charge in [0, 0.05) is 53.9 Å². The van der Waals surface area contributed by atoms with E-state index in [0.29, 0.717) is 8.58 Å². The second kappa shape index (κ2) is 14.3. The Labute approximate surface area is 308 Å². The van der Waals surface area contributed by atoms with Gasteiger partial charge in [-0.05, 0) is 84.5 Å². The molecule has 2 aromatic heterocycles. The first-order chi connectivity index (χ1) is 25.4. The van der Waals surface area contributed by atoms with Gasteiger partial charge in [-0.15, -0.1) is 0 Å². The second-order valence-electron chi connectivity index (χ2n) is 13.3. The first-order valence-corrected chi connectivity index (χ1v) is 20.8. The smallest absolute Gasteiger partial charge is 0.128 e. The monoisotopic (exact) mass is 711 g/mol. The fourth-order valence-electron chi connectivity index (χ4n) is 7.38. The van der Waals surface area contributed by atoms with Gasteiger partial charge in [-0.25, -0.2) is 0 Å². The Morgan fingerprint density at radius 1 is 0.500 bits per heavy atom. The van der Waals surface area contributed by atoms with Crippen LogP contribution in [0.15, 0.2) is 170 Å². The maximum absolute atomic E-state index is 4.85. The van der Waals surface area contributed by atoms with Crippen molar-refractivity contribution in [1.29, 1.82) is 0 Å². The van der Waals surface area contributed by atoms with Crippen molar-refractivity contribution in [3.63, 3.8) is 0 Å². The van der Waals surface area contributed by atoms with Crippen molar-refractivity contribution in [2.24, 2.45) is 0 Å². The lowest BCUT2D eigenvalue weighted by Gasteiger charge is -2.33. The molecule has 0 fully saturated rings. The summed E-state index contributed by atoms with van der Waals surface area (Å²) in [6.07, 6.45) is 3.76. The van der Waals surface area contributed by atoms with E-state index in [2.05, 4.69) is 183 Å². The summed E-state index contributed by atoms with van der Waals surface area (Å²) in [7, 11) is 2.65. The summed E-state index contributed by atoms with van der Waals surface area (Å²) >= 11 is 0. The Balaban J connectivity index is 1.36. The van der Waals surface area contributed by atoms with E-state index in [0.717, 1.165) is 33.2 Å². The third-order valence-electron chi connectivity index (χ3n) is 10.1. The molecule has 0 bridgehead atoms. The van der Waals surface area contributed by atoms with Crippen LogP contribution in [0.2, 0.25) is 0 Å². The summed E-state index contributed by atoms with van der Waals surface area (Å²) in [4.78, 5) is 14.4. The Morgan fingerprint density at radius 2 is 1.06 bits per heavy atom. The van der Waals surface area contributed by atoms with E-state index in [1.165, 1.54) is 43.5 Å². The molecule has 2 atom stereocenters.